The van der Waals surface area contributed by atoms with Crippen LogP contribution in [0.25, 0.3) is 0 Å². The summed E-state index contributed by atoms with van der Waals surface area (Å²) in [4.78, 5) is 30.1. The Kier molecular flexibility index (Phi) is 7.22. The first-order chi connectivity index (χ1) is 22.5. The highest BCUT2D eigenvalue weighted by Gasteiger charge is 2.74. The number of carbonyl (C=O) groups is 2. The lowest BCUT2D eigenvalue weighted by atomic mass is 9.32. The van der Waals surface area contributed by atoms with E-state index in [0.717, 1.165) is 50.5 Å². The SMILES string of the molecule is C[C@]12CC[C@H]3[C@]4(C=C[C@@]5(C=C4C(=O)c4ccco4)CC(O)CC[C@]35C)[C@@H]1CC[C@@]2(O)CN(C[C@H]1CCCO1)C(=O)Nc1ccccc1. The molecule has 250 valence electrons. The number of rotatable bonds is 7. The van der Waals surface area contributed by atoms with E-state index < -0.39 is 27.9 Å². The van der Waals surface area contributed by atoms with Crippen LogP contribution in [0.1, 0.15) is 82.2 Å². The number of Topliss-reactive ketones (excluding diaryl/α,β-unsaturated/α-hetero) is 1. The molecule has 1 saturated heterocycles. The van der Waals surface area contributed by atoms with E-state index in [9.17, 15) is 19.8 Å². The summed E-state index contributed by atoms with van der Waals surface area (Å²) in [6, 6.07) is 12.7. The van der Waals surface area contributed by atoms with Gasteiger partial charge in [0, 0.05) is 40.7 Å². The van der Waals surface area contributed by atoms with Crippen molar-refractivity contribution < 1.29 is 29.0 Å². The number of carbonyl (C=O) groups excluding carboxylic acids is 2. The number of nitrogens with one attached hydrogen (secondary N) is 1. The Hall–Kier alpha value is -3.20. The lowest BCUT2D eigenvalue weighted by Crippen LogP contribution is -2.67. The molecular weight excluding hydrogens is 592 g/mol. The lowest BCUT2D eigenvalue weighted by Gasteiger charge is -2.71. The molecule has 2 amide bonds. The van der Waals surface area contributed by atoms with Crippen molar-refractivity contribution >= 4 is 17.5 Å². The quantitative estimate of drug-likeness (QED) is 0.228. The van der Waals surface area contributed by atoms with Gasteiger partial charge < -0.3 is 29.6 Å². The molecule has 0 radical (unpaired) electrons. The average Bonchev–Trinajstić information content (AvgIpc) is 3.83. The van der Waals surface area contributed by atoms with Gasteiger partial charge in [0.1, 0.15) is 0 Å². The highest BCUT2D eigenvalue weighted by atomic mass is 16.5. The maximum atomic E-state index is 14.4. The molecule has 1 unspecified atom stereocenters. The van der Waals surface area contributed by atoms with E-state index in [0.29, 0.717) is 37.4 Å². The number of anilines is 1. The number of amides is 2. The number of ketones is 1. The van der Waals surface area contributed by atoms with Crippen molar-refractivity contribution in [1.82, 2.24) is 4.90 Å². The molecule has 47 heavy (non-hydrogen) atoms. The normalized spacial score (nSPS) is 41.5. The number of allylic oxidation sites excluding steroid dienone is 4. The van der Waals surface area contributed by atoms with Crippen LogP contribution in [0.5, 0.6) is 0 Å². The summed E-state index contributed by atoms with van der Waals surface area (Å²) in [5.74, 6) is 0.425. The van der Waals surface area contributed by atoms with Crippen LogP contribution in [0.4, 0.5) is 10.5 Å². The number of aliphatic hydroxyl groups excluding tert-OH is 1. The van der Waals surface area contributed by atoms with Crippen LogP contribution in [-0.4, -0.2) is 64.4 Å². The van der Waals surface area contributed by atoms with E-state index >= 15 is 0 Å². The van der Waals surface area contributed by atoms with E-state index in [4.69, 9.17) is 9.15 Å². The minimum absolute atomic E-state index is 0.0103. The van der Waals surface area contributed by atoms with Gasteiger partial charge in [-0.2, -0.15) is 0 Å². The fourth-order valence-corrected chi connectivity index (χ4v) is 11.4. The average molecular weight is 641 g/mol. The third-order valence-corrected chi connectivity index (χ3v) is 13.9. The van der Waals surface area contributed by atoms with E-state index in [1.807, 2.05) is 30.3 Å². The summed E-state index contributed by atoms with van der Waals surface area (Å²) in [6.45, 7) is 5.89. The summed E-state index contributed by atoms with van der Waals surface area (Å²) < 4.78 is 11.7. The summed E-state index contributed by atoms with van der Waals surface area (Å²) in [6.07, 6.45) is 15.0. The minimum Gasteiger partial charge on any atom is -0.461 e. The summed E-state index contributed by atoms with van der Waals surface area (Å²) in [5, 5.41) is 26.9. The number of fused-ring (bicyclic) bond motifs is 1. The molecule has 6 aliphatic carbocycles. The number of nitrogens with zero attached hydrogens (tertiary/aromatic N) is 1. The Morgan fingerprint density at radius 1 is 0.957 bits per heavy atom. The molecule has 4 fully saturated rings. The van der Waals surface area contributed by atoms with E-state index in [-0.39, 0.29) is 41.7 Å². The van der Waals surface area contributed by atoms with Gasteiger partial charge in [-0.25, -0.2) is 4.79 Å². The van der Waals surface area contributed by atoms with Crippen molar-refractivity contribution in [2.24, 2.45) is 33.5 Å². The Bertz CT molecular complexity index is 1600. The molecule has 1 aromatic carbocycles. The third kappa shape index (κ3) is 4.43. The van der Waals surface area contributed by atoms with Crippen LogP contribution < -0.4 is 5.32 Å². The minimum atomic E-state index is -1.16. The molecule has 1 aliphatic heterocycles. The molecular formula is C39H48N2O6. The molecule has 7 aliphatic rings. The number of para-hydroxylation sites is 1. The second-order valence-electron chi connectivity index (χ2n) is 15.9. The predicted molar refractivity (Wildman–Crippen MR) is 178 cm³/mol. The molecule has 1 aromatic heterocycles. The van der Waals surface area contributed by atoms with E-state index in [1.165, 1.54) is 0 Å². The molecule has 3 saturated carbocycles. The van der Waals surface area contributed by atoms with Crippen molar-refractivity contribution in [2.75, 3.05) is 25.0 Å². The van der Waals surface area contributed by atoms with Crippen molar-refractivity contribution in [3.05, 3.63) is 78.3 Å². The zero-order valence-corrected chi connectivity index (χ0v) is 27.6. The maximum absolute atomic E-state index is 14.4. The van der Waals surface area contributed by atoms with E-state index in [1.54, 1.807) is 23.3 Å². The van der Waals surface area contributed by atoms with Gasteiger partial charge in [0.05, 0.1) is 30.6 Å². The molecule has 2 spiro atoms. The van der Waals surface area contributed by atoms with Gasteiger partial charge in [0.25, 0.3) is 0 Å². The number of aliphatic hydroxyl groups is 2. The van der Waals surface area contributed by atoms with Crippen LogP contribution >= 0.6 is 0 Å². The van der Waals surface area contributed by atoms with Crippen LogP contribution in [0.3, 0.4) is 0 Å². The first kappa shape index (κ1) is 31.1. The van der Waals surface area contributed by atoms with Crippen molar-refractivity contribution in [2.45, 2.75) is 89.4 Å². The molecule has 9 rings (SSSR count). The molecule has 2 bridgehead atoms. The molecule has 2 aromatic rings. The number of benzene rings is 1. The van der Waals surface area contributed by atoms with Gasteiger partial charge in [-0.3, -0.25) is 4.79 Å². The van der Waals surface area contributed by atoms with Crippen molar-refractivity contribution in [1.29, 1.82) is 0 Å². The van der Waals surface area contributed by atoms with Gasteiger partial charge >= 0.3 is 6.03 Å². The lowest BCUT2D eigenvalue weighted by molar-refractivity contribution is -0.175. The zero-order valence-electron chi connectivity index (χ0n) is 27.6. The van der Waals surface area contributed by atoms with Gasteiger partial charge in [0.2, 0.25) is 5.78 Å². The Morgan fingerprint density at radius 3 is 2.47 bits per heavy atom. The molecule has 8 heteroatoms. The topological polar surface area (TPSA) is 112 Å². The zero-order chi connectivity index (χ0) is 32.7. The predicted octanol–water partition coefficient (Wildman–Crippen LogP) is 6.77. The van der Waals surface area contributed by atoms with Crippen LogP contribution in [-0.2, 0) is 4.74 Å². The van der Waals surface area contributed by atoms with Crippen LogP contribution in [0.2, 0.25) is 0 Å². The second kappa shape index (κ2) is 10.9. The highest BCUT2D eigenvalue weighted by Crippen LogP contribution is 2.78. The van der Waals surface area contributed by atoms with Gasteiger partial charge in [-0.15, -0.1) is 0 Å². The van der Waals surface area contributed by atoms with Crippen LogP contribution in [0, 0.1) is 33.5 Å². The number of furan rings is 1. The Morgan fingerprint density at radius 2 is 1.72 bits per heavy atom. The number of urea groups is 1. The van der Waals surface area contributed by atoms with Gasteiger partial charge in [-0.1, -0.05) is 50.3 Å². The molecule has 2 heterocycles. The third-order valence-electron chi connectivity index (χ3n) is 13.9. The number of ether oxygens (including phenoxy) is 1. The largest absolute Gasteiger partial charge is 0.461 e. The van der Waals surface area contributed by atoms with Gasteiger partial charge in [-0.05, 0) is 99.3 Å². The standard InChI is InChI=1S/C39H48N2O6/c1-35-15-12-27(42)22-37(35)18-19-39(29(23-37)33(43)30-11-7-21-47-30)31(35)13-16-36(2)32(39)14-17-38(36,45)25-41(24-28-10-6-20-46-28)34(44)40-26-8-4-3-5-9-26/h3-5,7-9,11,18-19,21,23,27-28,31-32,42,45H,6,10,12-17,20,22,24-25H2,1-2H3,(H,40,44)/t27?,28-,31-,32-,35-,36+,37+,38-,39-/m1/s1. The summed E-state index contributed by atoms with van der Waals surface area (Å²) in [7, 11) is 0. The molecule has 3 N–H and O–H groups in total. The van der Waals surface area contributed by atoms with Gasteiger partial charge in [0.15, 0.2) is 5.76 Å². The highest BCUT2D eigenvalue weighted by molar-refractivity contribution is 6.08. The molecule has 8 nitrogen and oxygen atoms in total. The van der Waals surface area contributed by atoms with E-state index in [2.05, 4.69) is 37.4 Å². The molecule has 9 atom stereocenters. The Labute approximate surface area is 277 Å². The fraction of sp³-hybridized carbons (Fsp3) is 0.590. The summed E-state index contributed by atoms with van der Waals surface area (Å²) >= 11 is 0. The second-order valence-corrected chi connectivity index (χ2v) is 15.9. The fourth-order valence-electron chi connectivity index (χ4n) is 11.4. The smallest absolute Gasteiger partial charge is 0.322 e. The van der Waals surface area contributed by atoms with Crippen LogP contribution in [0.15, 0.2) is 76.9 Å². The van der Waals surface area contributed by atoms with Crippen molar-refractivity contribution in [3.8, 4) is 0 Å². The number of hydrogen-bond donors (Lipinski definition) is 3. The monoisotopic (exact) mass is 640 g/mol. The maximum Gasteiger partial charge on any atom is 0.322 e. The number of hydrogen-bond acceptors (Lipinski definition) is 6. The first-order valence-electron chi connectivity index (χ1n) is 17.7. The first-order valence-corrected chi connectivity index (χ1v) is 17.7. The Balaban J connectivity index is 1.17. The summed E-state index contributed by atoms with van der Waals surface area (Å²) in [5.41, 5.74) is -1.32. The van der Waals surface area contributed by atoms with Crippen molar-refractivity contribution in [3.63, 3.8) is 0 Å².